The van der Waals surface area contributed by atoms with Crippen molar-refractivity contribution >= 4 is 40.7 Å². The number of aromatic nitrogens is 1. The van der Waals surface area contributed by atoms with Crippen LogP contribution in [-0.4, -0.2) is 23.3 Å². The summed E-state index contributed by atoms with van der Waals surface area (Å²) < 4.78 is 5.74. The van der Waals surface area contributed by atoms with Gasteiger partial charge in [-0.1, -0.05) is 35.3 Å². The highest BCUT2D eigenvalue weighted by Gasteiger charge is 2.19. The summed E-state index contributed by atoms with van der Waals surface area (Å²) in [6.45, 7) is 1.14. The summed E-state index contributed by atoms with van der Waals surface area (Å²) in [5, 5.41) is 3.94. The molecule has 1 fully saturated rings. The first-order chi connectivity index (χ1) is 15.5. The van der Waals surface area contributed by atoms with Gasteiger partial charge in [0, 0.05) is 48.6 Å². The molecule has 2 heterocycles. The van der Waals surface area contributed by atoms with Crippen molar-refractivity contribution < 1.29 is 14.0 Å². The van der Waals surface area contributed by atoms with E-state index in [-0.39, 0.29) is 18.2 Å². The van der Waals surface area contributed by atoms with Crippen LogP contribution in [-0.2, 0) is 22.6 Å². The van der Waals surface area contributed by atoms with Gasteiger partial charge >= 0.3 is 0 Å². The van der Waals surface area contributed by atoms with Gasteiger partial charge < -0.3 is 14.6 Å². The Hall–Kier alpha value is -2.83. The Morgan fingerprint density at radius 2 is 2.03 bits per heavy atom. The van der Waals surface area contributed by atoms with Crippen molar-refractivity contribution in [3.63, 3.8) is 0 Å². The lowest BCUT2D eigenvalue weighted by Gasteiger charge is -2.27. The van der Waals surface area contributed by atoms with Crippen molar-refractivity contribution in [2.24, 2.45) is 0 Å². The predicted octanol–water partition coefficient (Wildman–Crippen LogP) is 5.41. The molecule has 1 N–H and O–H groups in total. The lowest BCUT2D eigenvalue weighted by molar-refractivity contribution is -0.121. The third-order valence-corrected chi connectivity index (χ3v) is 5.90. The molecule has 0 aliphatic carbocycles. The number of hydrogen-bond donors (Lipinski definition) is 1. The molecule has 0 saturated carbocycles. The molecule has 0 spiro atoms. The topological polar surface area (TPSA) is 75.4 Å². The fourth-order valence-corrected chi connectivity index (χ4v) is 4.16. The monoisotopic (exact) mass is 471 g/mol. The van der Waals surface area contributed by atoms with E-state index in [4.69, 9.17) is 27.6 Å². The molecule has 4 rings (SSSR count). The van der Waals surface area contributed by atoms with Crippen molar-refractivity contribution in [1.29, 1.82) is 0 Å². The molecule has 3 aromatic rings. The molecule has 1 aromatic heterocycles. The van der Waals surface area contributed by atoms with Crippen LogP contribution >= 0.6 is 23.2 Å². The minimum atomic E-state index is -0.103. The zero-order valence-corrected chi connectivity index (χ0v) is 19.0. The maximum atomic E-state index is 12.3. The fraction of sp³-hybridized carbons (Fsp3) is 0.292. The largest absolute Gasteiger partial charge is 0.441 e. The van der Waals surface area contributed by atoms with E-state index >= 15 is 0 Å². The van der Waals surface area contributed by atoms with Crippen LogP contribution in [0.25, 0.3) is 11.3 Å². The number of nitrogens with one attached hydrogen (secondary N) is 1. The van der Waals surface area contributed by atoms with E-state index in [1.807, 2.05) is 29.2 Å². The summed E-state index contributed by atoms with van der Waals surface area (Å²) in [5.74, 6) is 1.05. The Bertz CT molecular complexity index is 1130. The second kappa shape index (κ2) is 10.2. The average Bonchev–Trinajstić information content (AvgIpc) is 3.25. The highest BCUT2D eigenvalue weighted by Crippen LogP contribution is 2.31. The van der Waals surface area contributed by atoms with Crippen molar-refractivity contribution in [3.05, 3.63) is 70.2 Å². The van der Waals surface area contributed by atoms with E-state index in [0.29, 0.717) is 46.6 Å². The maximum absolute atomic E-state index is 12.3. The van der Waals surface area contributed by atoms with E-state index < -0.39 is 0 Å². The molecule has 0 bridgehead atoms. The van der Waals surface area contributed by atoms with Crippen molar-refractivity contribution in [2.75, 3.05) is 11.4 Å². The molecule has 0 unspecified atom stereocenters. The van der Waals surface area contributed by atoms with Crippen molar-refractivity contribution in [2.45, 2.75) is 38.6 Å². The number of benzene rings is 2. The van der Waals surface area contributed by atoms with Gasteiger partial charge in [-0.15, -0.1) is 0 Å². The van der Waals surface area contributed by atoms with Gasteiger partial charge in [0.1, 0.15) is 0 Å². The zero-order chi connectivity index (χ0) is 22.5. The number of hydrogen-bond acceptors (Lipinski definition) is 4. The zero-order valence-electron chi connectivity index (χ0n) is 17.4. The van der Waals surface area contributed by atoms with Gasteiger partial charge in [-0.25, -0.2) is 4.98 Å². The SMILES string of the molecule is O=C(CCc1ncc(-c2ccc(Cl)cc2Cl)o1)NCc1cccc(N2CCCCC2=O)c1. The van der Waals surface area contributed by atoms with Crippen LogP contribution in [0.1, 0.15) is 37.1 Å². The smallest absolute Gasteiger partial charge is 0.226 e. The second-order valence-corrected chi connectivity index (χ2v) is 8.54. The number of carbonyl (C=O) groups excluding carboxylic acids is 2. The fourth-order valence-electron chi connectivity index (χ4n) is 3.66. The predicted molar refractivity (Wildman–Crippen MR) is 125 cm³/mol. The van der Waals surface area contributed by atoms with E-state index in [2.05, 4.69) is 10.3 Å². The maximum Gasteiger partial charge on any atom is 0.226 e. The van der Waals surface area contributed by atoms with Gasteiger partial charge in [-0.3, -0.25) is 9.59 Å². The summed E-state index contributed by atoms with van der Waals surface area (Å²) in [5.41, 5.74) is 2.53. The van der Waals surface area contributed by atoms with Gasteiger partial charge in [0.05, 0.1) is 11.2 Å². The van der Waals surface area contributed by atoms with Gasteiger partial charge in [-0.2, -0.15) is 0 Å². The molecule has 2 amide bonds. The van der Waals surface area contributed by atoms with Crippen molar-refractivity contribution in [1.82, 2.24) is 10.3 Å². The molecule has 8 heteroatoms. The third-order valence-electron chi connectivity index (χ3n) is 5.35. The number of anilines is 1. The van der Waals surface area contributed by atoms with Gasteiger partial charge in [0.25, 0.3) is 0 Å². The molecular weight excluding hydrogens is 449 g/mol. The van der Waals surface area contributed by atoms with Gasteiger partial charge in [0.2, 0.25) is 11.8 Å². The summed E-state index contributed by atoms with van der Waals surface area (Å²) >= 11 is 12.1. The molecule has 0 atom stereocenters. The summed E-state index contributed by atoms with van der Waals surface area (Å²) in [7, 11) is 0. The molecular formula is C24H23Cl2N3O3. The molecule has 166 valence electrons. The Balaban J connectivity index is 1.29. The van der Waals surface area contributed by atoms with E-state index in [1.54, 1.807) is 24.4 Å². The number of oxazole rings is 1. The molecule has 1 saturated heterocycles. The highest BCUT2D eigenvalue weighted by atomic mass is 35.5. The van der Waals surface area contributed by atoms with Crippen molar-refractivity contribution in [3.8, 4) is 11.3 Å². The Morgan fingerprint density at radius 1 is 1.16 bits per heavy atom. The van der Waals surface area contributed by atoms with Gasteiger partial charge in [0.15, 0.2) is 11.7 Å². The van der Waals surface area contributed by atoms with Crippen LogP contribution in [0.3, 0.4) is 0 Å². The first-order valence-electron chi connectivity index (χ1n) is 10.6. The number of rotatable bonds is 7. The molecule has 6 nitrogen and oxygen atoms in total. The van der Waals surface area contributed by atoms with Crippen LogP contribution in [0.5, 0.6) is 0 Å². The number of aryl methyl sites for hydroxylation is 1. The van der Waals surface area contributed by atoms with Crippen LogP contribution < -0.4 is 10.2 Å². The highest BCUT2D eigenvalue weighted by molar-refractivity contribution is 6.36. The van der Waals surface area contributed by atoms with Gasteiger partial charge in [-0.05, 0) is 48.7 Å². The first kappa shape index (κ1) is 22.4. The molecule has 32 heavy (non-hydrogen) atoms. The lowest BCUT2D eigenvalue weighted by Crippen LogP contribution is -2.35. The Kier molecular flexibility index (Phi) is 7.12. The second-order valence-electron chi connectivity index (χ2n) is 7.69. The summed E-state index contributed by atoms with van der Waals surface area (Å²) in [6, 6.07) is 12.9. The lowest BCUT2D eigenvalue weighted by atomic mass is 10.1. The third kappa shape index (κ3) is 5.50. The minimum absolute atomic E-state index is 0.103. The van der Waals surface area contributed by atoms with Crippen LogP contribution in [0.4, 0.5) is 5.69 Å². The van der Waals surface area contributed by atoms with E-state index in [9.17, 15) is 9.59 Å². The number of amides is 2. The van der Waals surface area contributed by atoms with E-state index in [0.717, 1.165) is 30.6 Å². The summed E-state index contributed by atoms with van der Waals surface area (Å²) in [4.78, 5) is 30.5. The average molecular weight is 472 g/mol. The number of nitrogens with zero attached hydrogens (tertiary/aromatic N) is 2. The Labute approximate surface area is 196 Å². The summed E-state index contributed by atoms with van der Waals surface area (Å²) in [6.07, 6.45) is 4.77. The molecule has 1 aliphatic heterocycles. The van der Waals surface area contributed by atoms with Crippen LogP contribution in [0.15, 0.2) is 53.1 Å². The molecule has 1 aliphatic rings. The minimum Gasteiger partial charge on any atom is -0.441 e. The van der Waals surface area contributed by atoms with Crippen LogP contribution in [0, 0.1) is 0 Å². The quantitative estimate of drug-likeness (QED) is 0.499. The normalized spacial score (nSPS) is 13.9. The van der Waals surface area contributed by atoms with E-state index in [1.165, 1.54) is 0 Å². The first-order valence-corrected chi connectivity index (χ1v) is 11.3. The standard InChI is InChI=1S/C24H23Cl2N3O3/c25-17-7-8-19(20(26)13-17)21-15-28-23(32-21)10-9-22(30)27-14-16-4-3-5-18(12-16)29-11-2-1-6-24(29)31/h3-5,7-8,12-13,15H,1-2,6,9-11,14H2,(H,27,30). The molecule has 0 radical (unpaired) electrons. The number of carbonyl (C=O) groups is 2. The number of piperidine rings is 1. The number of halogens is 2. The molecule has 2 aromatic carbocycles. The van der Waals surface area contributed by atoms with Crippen LogP contribution in [0.2, 0.25) is 10.0 Å². The Morgan fingerprint density at radius 3 is 2.84 bits per heavy atom.